The highest BCUT2D eigenvalue weighted by Crippen LogP contribution is 2.20. The van der Waals surface area contributed by atoms with Gasteiger partial charge in [0.05, 0.1) is 0 Å². The molecule has 86 valence electrons. The van der Waals surface area contributed by atoms with Gasteiger partial charge in [0.15, 0.2) is 0 Å². The van der Waals surface area contributed by atoms with Gasteiger partial charge in [0.25, 0.3) is 0 Å². The number of hydrogen-bond donors (Lipinski definition) is 1. The van der Waals surface area contributed by atoms with Crippen LogP contribution < -0.4 is 11.4 Å². The molecule has 1 heterocycles. The Morgan fingerprint density at radius 2 is 2.07 bits per heavy atom. The number of nitrogens with two attached hydrogens (primary N) is 1. The van der Waals surface area contributed by atoms with Gasteiger partial charge in [-0.15, -0.1) is 0 Å². The number of hydrogen-bond acceptors (Lipinski definition) is 2. The van der Waals surface area contributed by atoms with E-state index in [-0.39, 0.29) is 11.1 Å². The van der Waals surface area contributed by atoms with Crippen molar-refractivity contribution < 1.29 is 0 Å². The van der Waals surface area contributed by atoms with Crippen molar-refractivity contribution in [3.63, 3.8) is 0 Å². The summed E-state index contributed by atoms with van der Waals surface area (Å²) in [7, 11) is 1.77. The predicted molar refractivity (Wildman–Crippen MR) is 61.7 cm³/mol. The molecule has 15 heavy (non-hydrogen) atoms. The highest BCUT2D eigenvalue weighted by molar-refractivity contribution is 4.80. The fraction of sp³-hybridized carbons (Fsp3) is 0.727. The molecule has 1 aromatic rings. The van der Waals surface area contributed by atoms with Gasteiger partial charge in [0.2, 0.25) is 0 Å². The SMILES string of the molecule is Cn1ccn(CCCC(C)(C)CN)c1=O. The lowest BCUT2D eigenvalue weighted by Crippen LogP contribution is -2.25. The molecule has 0 aliphatic heterocycles. The standard InChI is InChI=1S/C11H21N3O/c1-11(2,9-12)5-4-6-14-8-7-13(3)10(14)15/h7-8H,4-6,9,12H2,1-3H3. The maximum Gasteiger partial charge on any atom is 0.327 e. The van der Waals surface area contributed by atoms with Gasteiger partial charge in [-0.1, -0.05) is 13.8 Å². The van der Waals surface area contributed by atoms with Gasteiger partial charge in [-0.25, -0.2) is 4.79 Å². The van der Waals surface area contributed by atoms with Crippen molar-refractivity contribution in [3.05, 3.63) is 22.9 Å². The lowest BCUT2D eigenvalue weighted by molar-refractivity contribution is 0.326. The molecule has 0 atom stereocenters. The summed E-state index contributed by atoms with van der Waals surface area (Å²) >= 11 is 0. The molecule has 0 aromatic carbocycles. The van der Waals surface area contributed by atoms with Crippen LogP contribution in [0.15, 0.2) is 17.2 Å². The number of aryl methyl sites for hydroxylation is 2. The first kappa shape index (κ1) is 12.0. The zero-order valence-corrected chi connectivity index (χ0v) is 9.86. The van der Waals surface area contributed by atoms with E-state index < -0.39 is 0 Å². The minimum absolute atomic E-state index is 0.0561. The molecule has 2 N–H and O–H groups in total. The minimum atomic E-state index is 0.0561. The van der Waals surface area contributed by atoms with Gasteiger partial charge < -0.3 is 10.3 Å². The zero-order chi connectivity index (χ0) is 11.5. The molecule has 4 nitrogen and oxygen atoms in total. The Balaban J connectivity index is 2.45. The molecule has 0 fully saturated rings. The van der Waals surface area contributed by atoms with E-state index in [1.807, 2.05) is 6.20 Å². The van der Waals surface area contributed by atoms with Crippen LogP contribution in [0.25, 0.3) is 0 Å². The van der Waals surface area contributed by atoms with E-state index in [0.29, 0.717) is 6.54 Å². The average molecular weight is 211 g/mol. The maximum atomic E-state index is 11.5. The van der Waals surface area contributed by atoms with Crippen molar-refractivity contribution in [3.8, 4) is 0 Å². The van der Waals surface area contributed by atoms with Crippen LogP contribution in [-0.2, 0) is 13.6 Å². The summed E-state index contributed by atoms with van der Waals surface area (Å²) in [5.41, 5.74) is 5.88. The van der Waals surface area contributed by atoms with E-state index in [0.717, 1.165) is 19.4 Å². The Morgan fingerprint density at radius 3 is 2.53 bits per heavy atom. The fourth-order valence-corrected chi connectivity index (χ4v) is 1.51. The quantitative estimate of drug-likeness (QED) is 0.788. The first-order valence-corrected chi connectivity index (χ1v) is 5.38. The smallest absolute Gasteiger partial charge is 0.327 e. The number of rotatable bonds is 5. The van der Waals surface area contributed by atoms with E-state index in [4.69, 9.17) is 5.73 Å². The van der Waals surface area contributed by atoms with Gasteiger partial charge in [-0.2, -0.15) is 0 Å². The van der Waals surface area contributed by atoms with Crippen LogP contribution in [-0.4, -0.2) is 15.7 Å². The topological polar surface area (TPSA) is 52.9 Å². The lowest BCUT2D eigenvalue weighted by atomic mass is 9.88. The summed E-state index contributed by atoms with van der Waals surface area (Å²) < 4.78 is 3.33. The summed E-state index contributed by atoms with van der Waals surface area (Å²) in [6.07, 6.45) is 5.66. The van der Waals surface area contributed by atoms with E-state index in [9.17, 15) is 4.79 Å². The molecular formula is C11H21N3O. The molecule has 0 saturated heterocycles. The third-order valence-electron chi connectivity index (χ3n) is 2.82. The third-order valence-corrected chi connectivity index (χ3v) is 2.82. The van der Waals surface area contributed by atoms with Crippen LogP contribution >= 0.6 is 0 Å². The average Bonchev–Trinajstić information content (AvgIpc) is 2.49. The summed E-state index contributed by atoms with van der Waals surface area (Å²) in [5.74, 6) is 0. The van der Waals surface area contributed by atoms with Crippen molar-refractivity contribution >= 4 is 0 Å². The lowest BCUT2D eigenvalue weighted by Gasteiger charge is -2.21. The third kappa shape index (κ3) is 3.23. The molecule has 0 amide bonds. The minimum Gasteiger partial charge on any atom is -0.330 e. The summed E-state index contributed by atoms with van der Waals surface area (Å²) in [6, 6.07) is 0. The molecule has 0 saturated carbocycles. The first-order valence-electron chi connectivity index (χ1n) is 5.38. The highest BCUT2D eigenvalue weighted by atomic mass is 16.1. The Hall–Kier alpha value is -1.03. The number of aromatic nitrogens is 2. The normalized spacial score (nSPS) is 12.0. The molecule has 1 aromatic heterocycles. The fourth-order valence-electron chi connectivity index (χ4n) is 1.51. The number of nitrogens with zero attached hydrogens (tertiary/aromatic N) is 2. The molecule has 0 bridgehead atoms. The zero-order valence-electron chi connectivity index (χ0n) is 9.86. The Kier molecular flexibility index (Phi) is 3.74. The van der Waals surface area contributed by atoms with Crippen LogP contribution in [0.2, 0.25) is 0 Å². The van der Waals surface area contributed by atoms with Crippen molar-refractivity contribution in [1.82, 2.24) is 9.13 Å². The summed E-state index contributed by atoms with van der Waals surface area (Å²) in [5, 5.41) is 0. The Bertz CT molecular complexity index is 362. The van der Waals surface area contributed by atoms with Crippen LogP contribution in [0.4, 0.5) is 0 Å². The van der Waals surface area contributed by atoms with E-state index in [1.54, 1.807) is 22.4 Å². The van der Waals surface area contributed by atoms with Gasteiger partial charge in [0, 0.05) is 26.0 Å². The Morgan fingerprint density at radius 1 is 1.40 bits per heavy atom. The molecule has 0 spiro atoms. The highest BCUT2D eigenvalue weighted by Gasteiger charge is 2.14. The van der Waals surface area contributed by atoms with Gasteiger partial charge in [0.1, 0.15) is 0 Å². The largest absolute Gasteiger partial charge is 0.330 e. The van der Waals surface area contributed by atoms with Gasteiger partial charge in [-0.05, 0) is 24.8 Å². The molecule has 1 rings (SSSR count). The maximum absolute atomic E-state index is 11.5. The van der Waals surface area contributed by atoms with Gasteiger partial charge >= 0.3 is 5.69 Å². The predicted octanol–water partition coefficient (Wildman–Crippen LogP) is 0.952. The van der Waals surface area contributed by atoms with Crippen LogP contribution in [0.3, 0.4) is 0 Å². The monoisotopic (exact) mass is 211 g/mol. The second-order valence-electron chi connectivity index (χ2n) is 4.86. The van der Waals surface area contributed by atoms with E-state index >= 15 is 0 Å². The molecule has 0 unspecified atom stereocenters. The van der Waals surface area contributed by atoms with E-state index in [2.05, 4.69) is 13.8 Å². The number of imidazole rings is 1. The van der Waals surface area contributed by atoms with Gasteiger partial charge in [-0.3, -0.25) is 4.57 Å². The van der Waals surface area contributed by atoms with Crippen molar-refractivity contribution in [2.75, 3.05) is 6.54 Å². The summed E-state index contributed by atoms with van der Waals surface area (Å²) in [4.78, 5) is 11.5. The second kappa shape index (κ2) is 4.66. The van der Waals surface area contributed by atoms with Crippen molar-refractivity contribution in [1.29, 1.82) is 0 Å². The van der Waals surface area contributed by atoms with E-state index in [1.165, 1.54) is 0 Å². The second-order valence-corrected chi connectivity index (χ2v) is 4.86. The van der Waals surface area contributed by atoms with Crippen LogP contribution in [0.1, 0.15) is 26.7 Å². The van der Waals surface area contributed by atoms with Crippen LogP contribution in [0.5, 0.6) is 0 Å². The molecule has 0 aliphatic rings. The Labute approximate surface area is 90.7 Å². The van der Waals surface area contributed by atoms with Crippen molar-refractivity contribution in [2.45, 2.75) is 33.2 Å². The van der Waals surface area contributed by atoms with Crippen molar-refractivity contribution in [2.24, 2.45) is 18.2 Å². The molecule has 0 aliphatic carbocycles. The molecular weight excluding hydrogens is 190 g/mol. The van der Waals surface area contributed by atoms with Crippen LogP contribution in [0, 0.1) is 5.41 Å². The first-order chi connectivity index (χ1) is 6.96. The summed E-state index contributed by atoms with van der Waals surface area (Å²) in [6.45, 7) is 5.78. The molecule has 0 radical (unpaired) electrons. The molecule has 4 heteroatoms.